The number of benzene rings is 2. The second-order valence-corrected chi connectivity index (χ2v) is 6.66. The highest BCUT2D eigenvalue weighted by atomic mass is 16.5. The van der Waals surface area contributed by atoms with E-state index in [9.17, 15) is 14.7 Å². The van der Waals surface area contributed by atoms with E-state index in [1.165, 1.54) is 7.11 Å². The summed E-state index contributed by atoms with van der Waals surface area (Å²) in [5, 5.41) is 9.34. The van der Waals surface area contributed by atoms with Gasteiger partial charge in [-0.2, -0.15) is 0 Å². The zero-order chi connectivity index (χ0) is 18.6. The number of aromatic hydroxyl groups is 1. The first-order valence-electron chi connectivity index (χ1n) is 8.75. The third-order valence-electron chi connectivity index (χ3n) is 5.16. The molecule has 0 spiro atoms. The molecule has 1 amide bonds. The topological polar surface area (TPSA) is 66.8 Å². The van der Waals surface area contributed by atoms with Crippen molar-refractivity contribution in [3.05, 3.63) is 65.7 Å². The van der Waals surface area contributed by atoms with E-state index in [-0.39, 0.29) is 24.0 Å². The molecule has 0 saturated carbocycles. The predicted molar refractivity (Wildman–Crippen MR) is 97.8 cm³/mol. The Balaban J connectivity index is 1.70. The van der Waals surface area contributed by atoms with Gasteiger partial charge in [-0.15, -0.1) is 0 Å². The predicted octanol–water partition coefficient (Wildman–Crippen LogP) is 2.67. The highest BCUT2D eigenvalue weighted by Gasteiger charge is 2.44. The molecule has 0 aromatic heterocycles. The van der Waals surface area contributed by atoms with Crippen LogP contribution in [0.5, 0.6) is 5.75 Å². The van der Waals surface area contributed by atoms with Gasteiger partial charge in [-0.25, -0.2) is 0 Å². The van der Waals surface area contributed by atoms with Gasteiger partial charge in [0.15, 0.2) is 0 Å². The summed E-state index contributed by atoms with van der Waals surface area (Å²) in [4.78, 5) is 26.9. The summed E-state index contributed by atoms with van der Waals surface area (Å²) < 4.78 is 5.08. The minimum absolute atomic E-state index is 0.0298. The number of amides is 1. The highest BCUT2D eigenvalue weighted by molar-refractivity contribution is 5.84. The van der Waals surface area contributed by atoms with E-state index in [0.717, 1.165) is 11.1 Å². The van der Waals surface area contributed by atoms with E-state index >= 15 is 0 Å². The number of phenols is 1. The molecule has 0 aliphatic carbocycles. The normalized spacial score (nSPS) is 16.1. The SMILES string of the molecule is COC(=O)C1(c2ccccc2)CCN(C(=O)Cc2ccc(O)cc2)CC1. The molecule has 3 rings (SSSR count). The Kier molecular flexibility index (Phi) is 5.26. The van der Waals surface area contributed by atoms with Crippen molar-refractivity contribution in [3.63, 3.8) is 0 Å². The fraction of sp³-hybridized carbons (Fsp3) is 0.333. The van der Waals surface area contributed by atoms with Gasteiger partial charge in [0, 0.05) is 13.1 Å². The second-order valence-electron chi connectivity index (χ2n) is 6.66. The first-order chi connectivity index (χ1) is 12.5. The fourth-order valence-corrected chi connectivity index (χ4v) is 3.60. The first-order valence-corrected chi connectivity index (χ1v) is 8.75. The fourth-order valence-electron chi connectivity index (χ4n) is 3.60. The number of esters is 1. The lowest BCUT2D eigenvalue weighted by molar-refractivity contribution is -0.151. The van der Waals surface area contributed by atoms with Crippen LogP contribution in [-0.4, -0.2) is 42.1 Å². The summed E-state index contributed by atoms with van der Waals surface area (Å²) in [6.45, 7) is 1.03. The van der Waals surface area contributed by atoms with E-state index in [0.29, 0.717) is 25.9 Å². The highest BCUT2D eigenvalue weighted by Crippen LogP contribution is 2.37. The Morgan fingerprint density at radius 3 is 2.23 bits per heavy atom. The Labute approximate surface area is 153 Å². The van der Waals surface area contributed by atoms with Crippen LogP contribution >= 0.6 is 0 Å². The monoisotopic (exact) mass is 353 g/mol. The maximum absolute atomic E-state index is 12.6. The largest absolute Gasteiger partial charge is 0.508 e. The Hall–Kier alpha value is -2.82. The molecule has 1 N–H and O–H groups in total. The van der Waals surface area contributed by atoms with E-state index in [1.54, 1.807) is 29.2 Å². The average Bonchev–Trinajstić information content (AvgIpc) is 2.69. The molecule has 26 heavy (non-hydrogen) atoms. The van der Waals surface area contributed by atoms with Crippen molar-refractivity contribution in [3.8, 4) is 5.75 Å². The Bertz CT molecular complexity index is 762. The number of piperidine rings is 1. The summed E-state index contributed by atoms with van der Waals surface area (Å²) in [5.74, 6) is -0.0264. The minimum Gasteiger partial charge on any atom is -0.508 e. The lowest BCUT2D eigenvalue weighted by Gasteiger charge is -2.40. The zero-order valence-electron chi connectivity index (χ0n) is 14.9. The first kappa shape index (κ1) is 18.0. The molecule has 0 atom stereocenters. The quantitative estimate of drug-likeness (QED) is 0.858. The molecule has 5 nitrogen and oxygen atoms in total. The number of carbonyl (C=O) groups excluding carboxylic acids is 2. The molecule has 1 aliphatic rings. The lowest BCUT2D eigenvalue weighted by atomic mass is 9.72. The van der Waals surface area contributed by atoms with Crippen molar-refractivity contribution in [2.75, 3.05) is 20.2 Å². The summed E-state index contributed by atoms with van der Waals surface area (Å²) in [6, 6.07) is 16.3. The van der Waals surface area contributed by atoms with Crippen molar-refractivity contribution in [2.45, 2.75) is 24.7 Å². The van der Waals surface area contributed by atoms with Crippen molar-refractivity contribution >= 4 is 11.9 Å². The van der Waals surface area contributed by atoms with Crippen LogP contribution in [0.1, 0.15) is 24.0 Å². The average molecular weight is 353 g/mol. The smallest absolute Gasteiger partial charge is 0.316 e. The van der Waals surface area contributed by atoms with Gasteiger partial charge in [0.25, 0.3) is 0 Å². The summed E-state index contributed by atoms with van der Waals surface area (Å²) >= 11 is 0. The number of nitrogens with zero attached hydrogens (tertiary/aromatic N) is 1. The number of likely N-dealkylation sites (tertiary alicyclic amines) is 1. The van der Waals surface area contributed by atoms with E-state index < -0.39 is 5.41 Å². The third-order valence-corrected chi connectivity index (χ3v) is 5.16. The molecule has 1 aliphatic heterocycles. The molecular formula is C21H23NO4. The van der Waals surface area contributed by atoms with Crippen LogP contribution in [-0.2, 0) is 26.2 Å². The van der Waals surface area contributed by atoms with E-state index in [4.69, 9.17) is 4.74 Å². The standard InChI is InChI=1S/C21H23NO4/c1-26-20(25)21(17-5-3-2-4-6-17)11-13-22(14-12-21)19(24)15-16-7-9-18(23)10-8-16/h2-10,23H,11-15H2,1H3. The van der Waals surface area contributed by atoms with Crippen LogP contribution in [0.25, 0.3) is 0 Å². The number of carbonyl (C=O) groups is 2. The van der Waals surface area contributed by atoms with Crippen LogP contribution < -0.4 is 0 Å². The zero-order valence-corrected chi connectivity index (χ0v) is 14.9. The number of methoxy groups -OCH3 is 1. The van der Waals surface area contributed by atoms with Crippen molar-refractivity contribution in [1.82, 2.24) is 4.90 Å². The van der Waals surface area contributed by atoms with Gasteiger partial charge in [0.05, 0.1) is 18.9 Å². The van der Waals surface area contributed by atoms with Gasteiger partial charge in [-0.05, 0) is 36.1 Å². The van der Waals surface area contributed by atoms with E-state index in [1.807, 2.05) is 30.3 Å². The van der Waals surface area contributed by atoms with Gasteiger partial charge in [-0.3, -0.25) is 9.59 Å². The molecule has 0 bridgehead atoms. The van der Waals surface area contributed by atoms with Crippen molar-refractivity contribution < 1.29 is 19.4 Å². The molecule has 136 valence electrons. The summed E-state index contributed by atoms with van der Waals surface area (Å²) in [6.07, 6.45) is 1.38. The number of hydrogen-bond donors (Lipinski definition) is 1. The minimum atomic E-state index is -0.689. The summed E-state index contributed by atoms with van der Waals surface area (Å²) in [5.41, 5.74) is 1.11. The molecule has 0 unspecified atom stereocenters. The number of phenolic OH excluding ortho intramolecular Hbond substituents is 1. The molecule has 0 radical (unpaired) electrons. The molecule has 1 heterocycles. The van der Waals surface area contributed by atoms with Gasteiger partial charge >= 0.3 is 5.97 Å². The second kappa shape index (κ2) is 7.60. The van der Waals surface area contributed by atoms with Crippen LogP contribution in [0, 0.1) is 0 Å². The molecule has 2 aromatic carbocycles. The van der Waals surface area contributed by atoms with Crippen molar-refractivity contribution in [2.24, 2.45) is 0 Å². The molecule has 2 aromatic rings. The molecule has 1 saturated heterocycles. The molecule has 1 fully saturated rings. The van der Waals surface area contributed by atoms with Crippen LogP contribution in [0.4, 0.5) is 0 Å². The lowest BCUT2D eigenvalue weighted by Crippen LogP contribution is -2.49. The number of rotatable bonds is 4. The summed E-state index contributed by atoms with van der Waals surface area (Å²) in [7, 11) is 1.41. The number of hydrogen-bond acceptors (Lipinski definition) is 4. The Morgan fingerprint density at radius 1 is 1.04 bits per heavy atom. The van der Waals surface area contributed by atoms with Gasteiger partial charge < -0.3 is 14.7 Å². The van der Waals surface area contributed by atoms with E-state index in [2.05, 4.69) is 0 Å². The maximum atomic E-state index is 12.6. The van der Waals surface area contributed by atoms with Gasteiger partial charge in [0.1, 0.15) is 5.75 Å². The molecular weight excluding hydrogens is 330 g/mol. The molecule has 5 heteroatoms. The third kappa shape index (κ3) is 3.57. The van der Waals surface area contributed by atoms with Crippen molar-refractivity contribution in [1.29, 1.82) is 0 Å². The number of ether oxygens (including phenoxy) is 1. The Morgan fingerprint density at radius 2 is 1.65 bits per heavy atom. The van der Waals surface area contributed by atoms with Crippen LogP contribution in [0.3, 0.4) is 0 Å². The van der Waals surface area contributed by atoms with Crippen LogP contribution in [0.15, 0.2) is 54.6 Å². The maximum Gasteiger partial charge on any atom is 0.316 e. The van der Waals surface area contributed by atoms with Gasteiger partial charge in [-0.1, -0.05) is 42.5 Å². The van der Waals surface area contributed by atoms with Crippen LogP contribution in [0.2, 0.25) is 0 Å². The van der Waals surface area contributed by atoms with Gasteiger partial charge in [0.2, 0.25) is 5.91 Å².